The second-order valence-electron chi connectivity index (χ2n) is 7.27. The van der Waals surface area contributed by atoms with Gasteiger partial charge in [-0.3, -0.25) is 19.5 Å². The Labute approximate surface area is 201 Å². The predicted octanol–water partition coefficient (Wildman–Crippen LogP) is 4.56. The smallest absolute Gasteiger partial charge is 0.274 e. The van der Waals surface area contributed by atoms with Gasteiger partial charge in [-0.15, -0.1) is 16.8 Å². The Morgan fingerprint density at radius 3 is 2.62 bits per heavy atom. The van der Waals surface area contributed by atoms with E-state index in [1.54, 1.807) is 56.5 Å². The second-order valence-corrected chi connectivity index (χ2v) is 8.21. The fourth-order valence-corrected chi connectivity index (χ4v) is 3.89. The highest BCUT2D eigenvalue weighted by molar-refractivity contribution is 7.99. The van der Waals surface area contributed by atoms with E-state index in [-0.39, 0.29) is 17.3 Å². The molecule has 0 aliphatic carbocycles. The summed E-state index contributed by atoms with van der Waals surface area (Å²) in [6, 6.07) is 11.8. The zero-order valence-electron chi connectivity index (χ0n) is 19.1. The Morgan fingerprint density at radius 2 is 1.97 bits per heavy atom. The monoisotopic (exact) mass is 483 g/mol. The first-order chi connectivity index (χ1) is 16.3. The van der Waals surface area contributed by atoms with Crippen molar-refractivity contribution in [1.29, 1.82) is 0 Å². The highest BCUT2D eigenvalue weighted by atomic mass is 32.2. The summed E-state index contributed by atoms with van der Waals surface area (Å²) in [5, 5.41) is 22.8. The van der Waals surface area contributed by atoms with E-state index in [1.165, 1.54) is 17.8 Å². The SMILES string of the molecule is C=CCn1c(SCC(=O)Nc2ccc(C)c([N+](=O)[O-])c2)nnc1C(C)Oc1ccc(OC)cc1. The minimum absolute atomic E-state index is 0.0463. The van der Waals surface area contributed by atoms with Crippen molar-refractivity contribution in [2.24, 2.45) is 0 Å². The van der Waals surface area contributed by atoms with E-state index >= 15 is 0 Å². The highest BCUT2D eigenvalue weighted by Gasteiger charge is 2.20. The topological polar surface area (TPSA) is 121 Å². The molecule has 0 saturated carbocycles. The van der Waals surface area contributed by atoms with Crippen LogP contribution in [0.2, 0.25) is 0 Å². The molecule has 0 spiro atoms. The van der Waals surface area contributed by atoms with E-state index in [0.717, 1.165) is 5.75 Å². The molecule has 0 aliphatic heterocycles. The molecule has 2 aromatic carbocycles. The molecule has 1 N–H and O–H groups in total. The molecular weight excluding hydrogens is 458 g/mol. The third-order valence-electron chi connectivity index (χ3n) is 4.81. The van der Waals surface area contributed by atoms with Crippen molar-refractivity contribution < 1.29 is 19.2 Å². The maximum Gasteiger partial charge on any atom is 0.274 e. The van der Waals surface area contributed by atoms with Gasteiger partial charge in [0.15, 0.2) is 17.1 Å². The first-order valence-electron chi connectivity index (χ1n) is 10.3. The number of nitrogens with one attached hydrogen (secondary N) is 1. The molecule has 1 heterocycles. The minimum atomic E-state index is -0.478. The lowest BCUT2D eigenvalue weighted by Crippen LogP contribution is -2.15. The fourth-order valence-electron chi connectivity index (χ4n) is 3.13. The normalized spacial score (nSPS) is 11.5. The molecule has 0 aliphatic rings. The van der Waals surface area contributed by atoms with Gasteiger partial charge in [0.1, 0.15) is 11.5 Å². The van der Waals surface area contributed by atoms with E-state index < -0.39 is 11.0 Å². The van der Waals surface area contributed by atoms with Crippen LogP contribution in [0.5, 0.6) is 11.5 Å². The molecule has 1 aromatic heterocycles. The van der Waals surface area contributed by atoms with Gasteiger partial charge in [-0.1, -0.05) is 23.9 Å². The van der Waals surface area contributed by atoms with Gasteiger partial charge in [0.25, 0.3) is 5.69 Å². The van der Waals surface area contributed by atoms with E-state index in [0.29, 0.717) is 34.5 Å². The van der Waals surface area contributed by atoms with Crippen LogP contribution in [-0.2, 0) is 11.3 Å². The number of methoxy groups -OCH3 is 1. The molecule has 10 nitrogen and oxygen atoms in total. The molecule has 1 unspecified atom stereocenters. The van der Waals surface area contributed by atoms with Gasteiger partial charge in [-0.25, -0.2) is 0 Å². The van der Waals surface area contributed by atoms with Crippen LogP contribution < -0.4 is 14.8 Å². The lowest BCUT2D eigenvalue weighted by atomic mass is 10.2. The van der Waals surface area contributed by atoms with Gasteiger partial charge in [-0.05, 0) is 44.2 Å². The van der Waals surface area contributed by atoms with Crippen LogP contribution >= 0.6 is 11.8 Å². The number of amides is 1. The van der Waals surface area contributed by atoms with Crippen LogP contribution in [0, 0.1) is 17.0 Å². The van der Waals surface area contributed by atoms with E-state index in [4.69, 9.17) is 9.47 Å². The van der Waals surface area contributed by atoms with Gasteiger partial charge in [-0.2, -0.15) is 0 Å². The molecular formula is C23H25N5O5S. The number of carbonyl (C=O) groups is 1. The number of ether oxygens (including phenoxy) is 2. The summed E-state index contributed by atoms with van der Waals surface area (Å²) < 4.78 is 13.0. The molecule has 1 atom stereocenters. The summed E-state index contributed by atoms with van der Waals surface area (Å²) >= 11 is 1.20. The number of anilines is 1. The molecule has 3 aromatic rings. The van der Waals surface area contributed by atoms with Crippen LogP contribution in [0.3, 0.4) is 0 Å². The number of rotatable bonds is 11. The van der Waals surface area contributed by atoms with Crippen molar-refractivity contribution in [2.75, 3.05) is 18.2 Å². The largest absolute Gasteiger partial charge is 0.497 e. The van der Waals surface area contributed by atoms with Crippen molar-refractivity contribution in [2.45, 2.75) is 31.7 Å². The minimum Gasteiger partial charge on any atom is -0.497 e. The Morgan fingerprint density at radius 1 is 1.26 bits per heavy atom. The number of nitrogens with zero attached hydrogens (tertiary/aromatic N) is 4. The van der Waals surface area contributed by atoms with Crippen LogP contribution in [0.25, 0.3) is 0 Å². The van der Waals surface area contributed by atoms with E-state index in [1.807, 2.05) is 11.5 Å². The summed E-state index contributed by atoms with van der Waals surface area (Å²) in [6.07, 6.45) is 1.31. The second kappa shape index (κ2) is 11.3. The maximum atomic E-state index is 12.4. The number of nitro benzene ring substituents is 1. The van der Waals surface area contributed by atoms with Crippen molar-refractivity contribution in [1.82, 2.24) is 14.8 Å². The maximum absolute atomic E-state index is 12.4. The zero-order valence-corrected chi connectivity index (χ0v) is 19.9. The van der Waals surface area contributed by atoms with Crippen LogP contribution in [0.4, 0.5) is 11.4 Å². The van der Waals surface area contributed by atoms with Crippen LogP contribution in [0.1, 0.15) is 24.4 Å². The highest BCUT2D eigenvalue weighted by Crippen LogP contribution is 2.27. The summed E-state index contributed by atoms with van der Waals surface area (Å²) in [5.41, 5.74) is 0.831. The van der Waals surface area contributed by atoms with E-state index in [2.05, 4.69) is 22.1 Å². The molecule has 3 rings (SSSR count). The molecule has 34 heavy (non-hydrogen) atoms. The Balaban J connectivity index is 1.66. The van der Waals surface area contributed by atoms with E-state index in [9.17, 15) is 14.9 Å². The van der Waals surface area contributed by atoms with Gasteiger partial charge in [0, 0.05) is 23.9 Å². The Hall–Kier alpha value is -3.86. The quantitative estimate of drug-likeness (QED) is 0.182. The third kappa shape index (κ3) is 6.13. The average molecular weight is 484 g/mol. The van der Waals surface area contributed by atoms with Gasteiger partial charge in [0.05, 0.1) is 17.8 Å². The Bertz CT molecular complexity index is 1180. The number of aromatic nitrogens is 3. The van der Waals surface area contributed by atoms with Gasteiger partial charge >= 0.3 is 0 Å². The molecule has 1 amide bonds. The molecule has 0 radical (unpaired) electrons. The molecule has 0 saturated heterocycles. The van der Waals surface area contributed by atoms with Crippen LogP contribution in [-0.4, -0.2) is 38.5 Å². The average Bonchev–Trinajstić information content (AvgIpc) is 3.22. The summed E-state index contributed by atoms with van der Waals surface area (Å²) in [4.78, 5) is 23.1. The van der Waals surface area contributed by atoms with Crippen molar-refractivity contribution in [3.63, 3.8) is 0 Å². The number of allylic oxidation sites excluding steroid dienone is 1. The van der Waals surface area contributed by atoms with Gasteiger partial charge in [0.2, 0.25) is 5.91 Å². The lowest BCUT2D eigenvalue weighted by Gasteiger charge is -2.16. The number of thioether (sulfide) groups is 1. The number of benzene rings is 2. The number of hydrogen-bond donors (Lipinski definition) is 1. The number of carbonyl (C=O) groups excluding carboxylic acids is 1. The lowest BCUT2D eigenvalue weighted by molar-refractivity contribution is -0.385. The summed E-state index contributed by atoms with van der Waals surface area (Å²) in [6.45, 7) is 7.73. The predicted molar refractivity (Wildman–Crippen MR) is 129 cm³/mol. The van der Waals surface area contributed by atoms with Crippen molar-refractivity contribution in [3.05, 3.63) is 76.6 Å². The Kier molecular flexibility index (Phi) is 8.25. The van der Waals surface area contributed by atoms with Crippen molar-refractivity contribution in [3.8, 4) is 11.5 Å². The third-order valence-corrected chi connectivity index (χ3v) is 5.78. The number of hydrogen-bond acceptors (Lipinski definition) is 8. The molecule has 0 bridgehead atoms. The first kappa shape index (κ1) is 24.8. The zero-order chi connectivity index (χ0) is 24.7. The molecule has 0 fully saturated rings. The standard InChI is InChI=1S/C23H25N5O5S/c1-5-12-27-22(16(3)33-19-10-8-18(32-4)9-11-19)25-26-23(27)34-14-21(29)24-17-7-6-15(2)20(13-17)28(30)31/h5-11,13,16H,1,12,14H2,2-4H3,(H,24,29). The van der Waals surface area contributed by atoms with Gasteiger partial charge < -0.3 is 14.8 Å². The summed E-state index contributed by atoms with van der Waals surface area (Å²) in [5.74, 6) is 1.70. The molecule has 178 valence electrons. The molecule has 11 heteroatoms. The number of nitro groups is 1. The first-order valence-corrected chi connectivity index (χ1v) is 11.3. The number of aryl methyl sites for hydroxylation is 1. The fraction of sp³-hybridized carbons (Fsp3) is 0.261. The van der Waals surface area contributed by atoms with Crippen LogP contribution in [0.15, 0.2) is 60.3 Å². The van der Waals surface area contributed by atoms with Crippen molar-refractivity contribution >= 4 is 29.0 Å². The summed E-state index contributed by atoms with van der Waals surface area (Å²) in [7, 11) is 1.60.